The van der Waals surface area contributed by atoms with Crippen LogP contribution in [0, 0.1) is 0 Å². The fraction of sp³-hybridized carbons (Fsp3) is 0.333. The highest BCUT2D eigenvalue weighted by Gasteiger charge is 2.14. The molecule has 6 heteroatoms. The van der Waals surface area contributed by atoms with Crippen LogP contribution in [-0.4, -0.2) is 35.4 Å². The van der Waals surface area contributed by atoms with E-state index in [4.69, 9.17) is 10.5 Å². The van der Waals surface area contributed by atoms with Crippen LogP contribution in [0.4, 0.5) is 5.69 Å². The van der Waals surface area contributed by atoms with Gasteiger partial charge in [-0.15, -0.1) is 0 Å². The van der Waals surface area contributed by atoms with Crippen LogP contribution in [0.3, 0.4) is 0 Å². The van der Waals surface area contributed by atoms with E-state index < -0.39 is 6.04 Å². The SMILES string of the molecule is COCCn1cc(NC(=O)[C@@H](N)Cc2ccccc2)cn1. The van der Waals surface area contributed by atoms with E-state index in [0.717, 1.165) is 5.56 Å². The molecule has 0 saturated heterocycles. The first-order chi connectivity index (χ1) is 10.2. The molecular weight excluding hydrogens is 268 g/mol. The number of carbonyl (C=O) groups is 1. The summed E-state index contributed by atoms with van der Waals surface area (Å²) in [7, 11) is 1.63. The van der Waals surface area contributed by atoms with Crippen LogP contribution in [0.1, 0.15) is 5.56 Å². The van der Waals surface area contributed by atoms with E-state index >= 15 is 0 Å². The van der Waals surface area contributed by atoms with Crippen LogP contribution in [0.15, 0.2) is 42.7 Å². The first-order valence-electron chi connectivity index (χ1n) is 6.81. The number of nitrogens with two attached hydrogens (primary N) is 1. The van der Waals surface area contributed by atoms with Crippen LogP contribution in [0.25, 0.3) is 0 Å². The van der Waals surface area contributed by atoms with Gasteiger partial charge in [-0.05, 0) is 12.0 Å². The molecule has 21 heavy (non-hydrogen) atoms. The summed E-state index contributed by atoms with van der Waals surface area (Å²) in [5.74, 6) is -0.217. The Hall–Kier alpha value is -2.18. The molecule has 0 spiro atoms. The molecule has 0 bridgehead atoms. The lowest BCUT2D eigenvalue weighted by molar-refractivity contribution is -0.117. The molecule has 1 aromatic heterocycles. The molecule has 2 rings (SSSR count). The molecule has 0 fully saturated rings. The summed E-state index contributed by atoms with van der Waals surface area (Å²) in [6, 6.07) is 9.12. The molecule has 0 radical (unpaired) electrons. The topological polar surface area (TPSA) is 82.2 Å². The fourth-order valence-electron chi connectivity index (χ4n) is 1.93. The summed E-state index contributed by atoms with van der Waals surface area (Å²) >= 11 is 0. The molecule has 3 N–H and O–H groups in total. The lowest BCUT2D eigenvalue weighted by Gasteiger charge is -2.11. The molecule has 0 aliphatic heterocycles. The van der Waals surface area contributed by atoms with Gasteiger partial charge in [0.25, 0.3) is 0 Å². The van der Waals surface area contributed by atoms with Crippen molar-refractivity contribution in [3.05, 3.63) is 48.3 Å². The summed E-state index contributed by atoms with van der Waals surface area (Å²) in [6.07, 6.45) is 3.86. The Balaban J connectivity index is 1.87. The van der Waals surface area contributed by atoms with E-state index in [1.54, 1.807) is 24.2 Å². The lowest BCUT2D eigenvalue weighted by atomic mass is 10.1. The standard InChI is InChI=1S/C15H20N4O2/c1-21-8-7-19-11-13(10-17-19)18-15(20)14(16)9-12-5-3-2-4-6-12/h2-6,10-11,14H,7-9,16H2,1H3,(H,18,20)/t14-/m0/s1. The summed E-state index contributed by atoms with van der Waals surface area (Å²) in [4.78, 5) is 12.0. The second-order valence-corrected chi connectivity index (χ2v) is 4.77. The van der Waals surface area contributed by atoms with Crippen molar-refractivity contribution in [1.82, 2.24) is 9.78 Å². The molecule has 112 valence electrons. The molecule has 1 amide bonds. The number of anilines is 1. The average Bonchev–Trinajstić information content (AvgIpc) is 2.93. The zero-order valence-electron chi connectivity index (χ0n) is 12.0. The number of methoxy groups -OCH3 is 1. The average molecular weight is 288 g/mol. The molecule has 1 aromatic carbocycles. The third-order valence-electron chi connectivity index (χ3n) is 3.06. The summed E-state index contributed by atoms with van der Waals surface area (Å²) in [6.45, 7) is 1.21. The van der Waals surface area contributed by atoms with Gasteiger partial charge in [-0.25, -0.2) is 0 Å². The number of nitrogens with zero attached hydrogens (tertiary/aromatic N) is 2. The van der Waals surface area contributed by atoms with Crippen molar-refractivity contribution in [2.45, 2.75) is 19.0 Å². The summed E-state index contributed by atoms with van der Waals surface area (Å²) in [5, 5.41) is 6.90. The lowest BCUT2D eigenvalue weighted by Crippen LogP contribution is -2.37. The van der Waals surface area contributed by atoms with Crippen molar-refractivity contribution in [3.8, 4) is 0 Å². The first-order valence-corrected chi connectivity index (χ1v) is 6.81. The molecule has 0 aliphatic rings. The molecule has 6 nitrogen and oxygen atoms in total. The maximum absolute atomic E-state index is 12.0. The number of hydrogen-bond donors (Lipinski definition) is 2. The summed E-state index contributed by atoms with van der Waals surface area (Å²) in [5.41, 5.74) is 7.60. The Bertz CT molecular complexity index is 568. The molecule has 0 saturated carbocycles. The largest absolute Gasteiger partial charge is 0.383 e. The predicted octanol–water partition coefficient (Wildman–Crippen LogP) is 1.04. The minimum atomic E-state index is -0.588. The normalized spacial score (nSPS) is 12.1. The molecule has 2 aromatic rings. The van der Waals surface area contributed by atoms with E-state index in [-0.39, 0.29) is 5.91 Å². The van der Waals surface area contributed by atoms with Gasteiger partial charge in [0, 0.05) is 13.3 Å². The van der Waals surface area contributed by atoms with Crippen molar-refractivity contribution in [2.24, 2.45) is 5.73 Å². The Labute approximate surface area is 123 Å². The fourth-order valence-corrected chi connectivity index (χ4v) is 1.93. The van der Waals surface area contributed by atoms with Crippen molar-refractivity contribution >= 4 is 11.6 Å². The van der Waals surface area contributed by atoms with Gasteiger partial charge in [-0.3, -0.25) is 9.48 Å². The van der Waals surface area contributed by atoms with Crippen molar-refractivity contribution < 1.29 is 9.53 Å². The van der Waals surface area contributed by atoms with Crippen molar-refractivity contribution in [3.63, 3.8) is 0 Å². The highest BCUT2D eigenvalue weighted by atomic mass is 16.5. The van der Waals surface area contributed by atoms with Crippen molar-refractivity contribution in [1.29, 1.82) is 0 Å². The van der Waals surface area contributed by atoms with E-state index in [1.165, 1.54) is 0 Å². The zero-order chi connectivity index (χ0) is 15.1. The smallest absolute Gasteiger partial charge is 0.241 e. The Kier molecular flexibility index (Phi) is 5.48. The van der Waals surface area contributed by atoms with Crippen LogP contribution < -0.4 is 11.1 Å². The van der Waals surface area contributed by atoms with Crippen LogP contribution in [0.2, 0.25) is 0 Å². The first kappa shape index (κ1) is 15.2. The number of amides is 1. The van der Waals surface area contributed by atoms with Gasteiger partial charge in [0.05, 0.1) is 31.1 Å². The van der Waals surface area contributed by atoms with Gasteiger partial charge >= 0.3 is 0 Å². The number of ether oxygens (including phenoxy) is 1. The second-order valence-electron chi connectivity index (χ2n) is 4.77. The molecule has 1 atom stereocenters. The maximum atomic E-state index is 12.0. The van der Waals surface area contributed by atoms with Gasteiger partial charge in [0.1, 0.15) is 0 Å². The van der Waals surface area contributed by atoms with E-state index in [9.17, 15) is 4.79 Å². The number of hydrogen-bond acceptors (Lipinski definition) is 4. The zero-order valence-corrected chi connectivity index (χ0v) is 12.0. The third kappa shape index (κ3) is 4.70. The second kappa shape index (κ2) is 7.56. The molecular formula is C15H20N4O2. The highest BCUT2D eigenvalue weighted by Crippen LogP contribution is 2.07. The van der Waals surface area contributed by atoms with Crippen LogP contribution >= 0.6 is 0 Å². The predicted molar refractivity (Wildman–Crippen MR) is 80.9 cm³/mol. The number of rotatable bonds is 7. The number of benzene rings is 1. The van der Waals surface area contributed by atoms with Gasteiger partial charge in [0.2, 0.25) is 5.91 Å². The van der Waals surface area contributed by atoms with Gasteiger partial charge in [-0.1, -0.05) is 30.3 Å². The number of carbonyl (C=O) groups excluding carboxylic acids is 1. The monoisotopic (exact) mass is 288 g/mol. The summed E-state index contributed by atoms with van der Waals surface area (Å²) < 4.78 is 6.68. The molecule has 0 aliphatic carbocycles. The Morgan fingerprint density at radius 1 is 1.43 bits per heavy atom. The van der Waals surface area contributed by atoms with Gasteiger partial charge in [0.15, 0.2) is 0 Å². The minimum Gasteiger partial charge on any atom is -0.383 e. The number of nitrogens with one attached hydrogen (secondary N) is 1. The van der Waals surface area contributed by atoms with Crippen LogP contribution in [0.5, 0.6) is 0 Å². The van der Waals surface area contributed by atoms with Crippen LogP contribution in [-0.2, 0) is 22.5 Å². The quantitative estimate of drug-likeness (QED) is 0.797. The maximum Gasteiger partial charge on any atom is 0.241 e. The Morgan fingerprint density at radius 3 is 2.90 bits per heavy atom. The molecule has 0 unspecified atom stereocenters. The molecule has 1 heterocycles. The van der Waals surface area contributed by atoms with E-state index in [0.29, 0.717) is 25.3 Å². The van der Waals surface area contributed by atoms with Gasteiger partial charge in [-0.2, -0.15) is 5.10 Å². The highest BCUT2D eigenvalue weighted by molar-refractivity contribution is 5.94. The van der Waals surface area contributed by atoms with Crippen molar-refractivity contribution in [2.75, 3.05) is 19.0 Å². The third-order valence-corrected chi connectivity index (χ3v) is 3.06. The van der Waals surface area contributed by atoms with Gasteiger partial charge < -0.3 is 15.8 Å². The minimum absolute atomic E-state index is 0.217. The van der Waals surface area contributed by atoms with E-state index in [2.05, 4.69) is 10.4 Å². The Morgan fingerprint density at radius 2 is 2.19 bits per heavy atom. The van der Waals surface area contributed by atoms with E-state index in [1.807, 2.05) is 30.3 Å². The number of aromatic nitrogens is 2.